The van der Waals surface area contributed by atoms with Crippen LogP contribution in [0.5, 0.6) is 0 Å². The largest absolute Gasteiger partial charge is 0.487 e. The highest BCUT2D eigenvalue weighted by Gasteiger charge is 2.32. The van der Waals surface area contributed by atoms with Crippen molar-refractivity contribution in [3.63, 3.8) is 0 Å². The number of hydrogen-bond donors (Lipinski definition) is 2. The zero-order chi connectivity index (χ0) is 19.8. The summed E-state index contributed by atoms with van der Waals surface area (Å²) in [6, 6.07) is 14.0. The van der Waals surface area contributed by atoms with Crippen molar-refractivity contribution in [2.24, 2.45) is 0 Å². The molecular weight excluding hydrogens is 364 g/mol. The number of nitrogens with one attached hydrogen (secondary N) is 2. The predicted molar refractivity (Wildman–Crippen MR) is 116 cm³/mol. The molecule has 2 aromatic carbocycles. The van der Waals surface area contributed by atoms with Gasteiger partial charge in [-0.2, -0.15) is 0 Å². The average Bonchev–Trinajstić information content (AvgIpc) is 3.28. The number of fused-ring (bicyclic) bond motifs is 2. The molecule has 2 N–H and O–H groups in total. The van der Waals surface area contributed by atoms with E-state index in [9.17, 15) is 4.79 Å². The van der Waals surface area contributed by atoms with Gasteiger partial charge in [0.2, 0.25) is 0 Å². The maximum absolute atomic E-state index is 12.5. The van der Waals surface area contributed by atoms with Gasteiger partial charge < -0.3 is 20.3 Å². The normalized spacial score (nSPS) is 21.5. The summed E-state index contributed by atoms with van der Waals surface area (Å²) in [5.41, 5.74) is 5.62. The monoisotopic (exact) mass is 390 g/mol. The highest BCUT2D eigenvalue weighted by molar-refractivity contribution is 6.36. The van der Waals surface area contributed by atoms with E-state index in [1.807, 2.05) is 24.3 Å². The third-order valence-electron chi connectivity index (χ3n) is 5.97. The Bertz CT molecular complexity index is 977. The summed E-state index contributed by atoms with van der Waals surface area (Å²) in [4.78, 5) is 17.4. The number of para-hydroxylation sites is 1. The van der Waals surface area contributed by atoms with Gasteiger partial charge in [0, 0.05) is 67.3 Å². The minimum atomic E-state index is -0.0940. The smallest absolute Gasteiger partial charge is 0.260 e. The number of amides is 1. The molecule has 1 saturated heterocycles. The molecule has 0 saturated carbocycles. The summed E-state index contributed by atoms with van der Waals surface area (Å²) in [6.45, 7) is 7.03. The average molecular weight is 390 g/mol. The molecule has 0 bridgehead atoms. The van der Waals surface area contributed by atoms with Crippen molar-refractivity contribution >= 4 is 28.6 Å². The molecule has 2 aromatic rings. The molecule has 3 heterocycles. The molecular formula is C23H26N4O2. The van der Waals surface area contributed by atoms with Crippen molar-refractivity contribution in [2.45, 2.75) is 6.61 Å². The zero-order valence-electron chi connectivity index (χ0n) is 16.7. The Kier molecular flexibility index (Phi) is 4.73. The lowest BCUT2D eigenvalue weighted by Gasteiger charge is -2.32. The van der Waals surface area contributed by atoms with Crippen LogP contribution in [0.15, 0.2) is 42.5 Å². The minimum absolute atomic E-state index is 0.0940. The van der Waals surface area contributed by atoms with Gasteiger partial charge in [-0.3, -0.25) is 9.69 Å². The van der Waals surface area contributed by atoms with Gasteiger partial charge in [0.05, 0.1) is 5.57 Å². The molecule has 0 aromatic heterocycles. The Labute approximate surface area is 171 Å². The Morgan fingerprint density at radius 3 is 2.76 bits per heavy atom. The van der Waals surface area contributed by atoms with Crippen molar-refractivity contribution in [1.82, 2.24) is 9.80 Å². The second kappa shape index (κ2) is 7.54. The van der Waals surface area contributed by atoms with Gasteiger partial charge in [0.25, 0.3) is 5.91 Å². The number of hydrogen-bond acceptors (Lipinski definition) is 5. The van der Waals surface area contributed by atoms with Crippen molar-refractivity contribution in [2.75, 3.05) is 56.9 Å². The van der Waals surface area contributed by atoms with Crippen molar-refractivity contribution in [3.8, 4) is 0 Å². The van der Waals surface area contributed by atoms with E-state index in [0.29, 0.717) is 17.9 Å². The first kappa shape index (κ1) is 18.2. The van der Waals surface area contributed by atoms with Crippen LogP contribution in [0.2, 0.25) is 0 Å². The number of benzene rings is 2. The van der Waals surface area contributed by atoms with Crippen LogP contribution < -0.4 is 10.6 Å². The second-order valence-corrected chi connectivity index (χ2v) is 7.94. The van der Waals surface area contributed by atoms with Crippen LogP contribution in [0.3, 0.4) is 0 Å². The fourth-order valence-electron chi connectivity index (χ4n) is 4.25. The number of carbonyl (C=O) groups is 1. The van der Waals surface area contributed by atoms with Crippen LogP contribution in [0.4, 0.5) is 11.4 Å². The Morgan fingerprint density at radius 2 is 1.90 bits per heavy atom. The van der Waals surface area contributed by atoms with Crippen LogP contribution in [0.25, 0.3) is 11.3 Å². The maximum atomic E-state index is 12.5. The maximum Gasteiger partial charge on any atom is 0.260 e. The molecule has 6 heteroatoms. The fraction of sp³-hybridized carbons (Fsp3) is 0.348. The molecule has 150 valence electrons. The van der Waals surface area contributed by atoms with E-state index in [2.05, 4.69) is 45.7 Å². The van der Waals surface area contributed by atoms with E-state index < -0.39 is 0 Å². The first-order valence-corrected chi connectivity index (χ1v) is 10.2. The highest BCUT2D eigenvalue weighted by Crippen LogP contribution is 2.41. The highest BCUT2D eigenvalue weighted by atomic mass is 16.5. The van der Waals surface area contributed by atoms with E-state index in [-0.39, 0.29) is 5.91 Å². The van der Waals surface area contributed by atoms with Gasteiger partial charge in [-0.1, -0.05) is 18.2 Å². The molecule has 5 rings (SSSR count). The second-order valence-electron chi connectivity index (χ2n) is 7.94. The number of carbonyl (C=O) groups excluding carboxylic acids is 1. The van der Waals surface area contributed by atoms with Crippen LogP contribution in [0, 0.1) is 0 Å². The van der Waals surface area contributed by atoms with E-state index in [0.717, 1.165) is 67.3 Å². The summed E-state index contributed by atoms with van der Waals surface area (Å²) < 4.78 is 5.98. The predicted octanol–water partition coefficient (Wildman–Crippen LogP) is 2.70. The Balaban J connectivity index is 1.30. The number of piperazine rings is 1. The zero-order valence-corrected chi connectivity index (χ0v) is 16.7. The Morgan fingerprint density at radius 1 is 1.07 bits per heavy atom. The Hall–Kier alpha value is -2.83. The van der Waals surface area contributed by atoms with Crippen molar-refractivity contribution < 1.29 is 9.53 Å². The van der Waals surface area contributed by atoms with E-state index in [1.54, 1.807) is 0 Å². The molecule has 1 fully saturated rings. The molecule has 0 atom stereocenters. The molecule has 0 spiro atoms. The fourth-order valence-corrected chi connectivity index (χ4v) is 4.25. The summed E-state index contributed by atoms with van der Waals surface area (Å²) in [5, 5.41) is 6.47. The summed E-state index contributed by atoms with van der Waals surface area (Å²) >= 11 is 0. The van der Waals surface area contributed by atoms with E-state index >= 15 is 0 Å². The summed E-state index contributed by atoms with van der Waals surface area (Å²) in [6.07, 6.45) is 0. The first-order valence-electron chi connectivity index (χ1n) is 10.2. The number of nitrogens with zero attached hydrogens (tertiary/aromatic N) is 2. The lowest BCUT2D eigenvalue weighted by atomic mass is 10.0. The van der Waals surface area contributed by atoms with Gasteiger partial charge >= 0.3 is 0 Å². The minimum Gasteiger partial charge on any atom is -0.487 e. The number of anilines is 2. The van der Waals surface area contributed by atoms with Crippen molar-refractivity contribution in [1.29, 1.82) is 0 Å². The van der Waals surface area contributed by atoms with Gasteiger partial charge in [0.15, 0.2) is 0 Å². The molecule has 6 nitrogen and oxygen atoms in total. The molecule has 0 radical (unpaired) electrons. The number of ether oxygens (including phenoxy) is 1. The number of rotatable bonds is 4. The third-order valence-corrected chi connectivity index (χ3v) is 5.97. The lowest BCUT2D eigenvalue weighted by molar-refractivity contribution is -0.110. The van der Waals surface area contributed by atoms with Crippen LogP contribution >= 0.6 is 0 Å². The topological polar surface area (TPSA) is 56.8 Å². The van der Waals surface area contributed by atoms with Crippen LogP contribution in [-0.4, -0.2) is 62.0 Å². The van der Waals surface area contributed by atoms with Gasteiger partial charge in [-0.25, -0.2) is 0 Å². The molecule has 1 amide bonds. The molecule has 29 heavy (non-hydrogen) atoms. The standard InChI is InChI=1S/C23H26N4O2/c1-26-10-12-27(13-11-26)9-8-24-17-6-7-18-16(14-17)15-29-22(18)21-19-4-2-3-5-20(19)25-23(21)28/h2-7,14,24H,8-13,15H2,1H3,(H,25,28)/b22-21+. The third kappa shape index (κ3) is 3.50. The molecule has 3 aliphatic rings. The van der Waals surface area contributed by atoms with Crippen LogP contribution in [-0.2, 0) is 16.1 Å². The van der Waals surface area contributed by atoms with Gasteiger partial charge in [-0.05, 0) is 31.3 Å². The summed E-state index contributed by atoms with van der Waals surface area (Å²) in [5.74, 6) is 0.592. The SMILES string of the molecule is CN1CCN(CCNc2ccc3c(c2)CO/C3=C2/C(=O)Nc3ccccc32)CC1. The van der Waals surface area contributed by atoms with Crippen LogP contribution in [0.1, 0.15) is 16.7 Å². The van der Waals surface area contributed by atoms with Gasteiger partial charge in [-0.15, -0.1) is 0 Å². The van der Waals surface area contributed by atoms with E-state index in [1.165, 1.54) is 0 Å². The molecule has 0 aliphatic carbocycles. The van der Waals surface area contributed by atoms with Crippen molar-refractivity contribution in [3.05, 3.63) is 59.2 Å². The van der Waals surface area contributed by atoms with E-state index in [4.69, 9.17) is 4.74 Å². The summed E-state index contributed by atoms with van der Waals surface area (Å²) in [7, 11) is 2.18. The van der Waals surface area contributed by atoms with Gasteiger partial charge in [0.1, 0.15) is 12.4 Å². The first-order chi connectivity index (χ1) is 14.2. The quantitative estimate of drug-likeness (QED) is 0.787. The number of likely N-dealkylation sites (N-methyl/N-ethyl adjacent to an activating group) is 1. The lowest BCUT2D eigenvalue weighted by Crippen LogP contribution is -2.45. The molecule has 3 aliphatic heterocycles. The molecule has 0 unspecified atom stereocenters.